The summed E-state index contributed by atoms with van der Waals surface area (Å²) in [4.78, 5) is 25.7. The third-order valence-electron chi connectivity index (χ3n) is 3.51. The van der Waals surface area contributed by atoms with Crippen LogP contribution in [0.25, 0.3) is 0 Å². The second-order valence-electron chi connectivity index (χ2n) is 6.30. The molecule has 2 amide bonds. The summed E-state index contributed by atoms with van der Waals surface area (Å²) in [5.74, 6) is -0.231. The van der Waals surface area contributed by atoms with E-state index in [9.17, 15) is 9.59 Å². The van der Waals surface area contributed by atoms with E-state index in [1.165, 1.54) is 4.90 Å². The molecule has 0 unspecified atom stereocenters. The Morgan fingerprint density at radius 3 is 2.55 bits per heavy atom. The van der Waals surface area contributed by atoms with E-state index < -0.39 is 5.41 Å². The maximum Gasteiger partial charge on any atom is 0.239 e. The predicted octanol–water partition coefficient (Wildman–Crippen LogP) is 2.47. The summed E-state index contributed by atoms with van der Waals surface area (Å²) in [7, 11) is 0. The van der Waals surface area contributed by atoms with Crippen molar-refractivity contribution in [2.24, 2.45) is 5.41 Å². The average Bonchev–Trinajstić information content (AvgIpc) is 2.56. The van der Waals surface area contributed by atoms with E-state index in [4.69, 9.17) is 0 Å². The molecular formula is C16H22N2O2. The molecule has 1 fully saturated rings. The van der Waals surface area contributed by atoms with Crippen molar-refractivity contribution in [1.29, 1.82) is 0 Å². The van der Waals surface area contributed by atoms with Gasteiger partial charge in [-0.05, 0) is 17.7 Å². The van der Waals surface area contributed by atoms with Gasteiger partial charge in [0.1, 0.15) is 0 Å². The highest BCUT2D eigenvalue weighted by Crippen LogP contribution is 2.35. The third kappa shape index (κ3) is 2.90. The molecule has 1 N–H and O–H groups in total. The molecule has 4 heteroatoms. The van der Waals surface area contributed by atoms with Crippen molar-refractivity contribution < 1.29 is 9.59 Å². The number of anilines is 1. The Morgan fingerprint density at radius 2 is 2.00 bits per heavy atom. The van der Waals surface area contributed by atoms with Gasteiger partial charge in [-0.15, -0.1) is 0 Å². The lowest BCUT2D eigenvalue weighted by Gasteiger charge is -2.18. The first-order chi connectivity index (χ1) is 9.31. The Labute approximate surface area is 120 Å². The van der Waals surface area contributed by atoms with E-state index in [1.807, 2.05) is 38.1 Å². The molecule has 1 aliphatic rings. The van der Waals surface area contributed by atoms with Crippen molar-refractivity contribution in [2.75, 3.05) is 4.90 Å². The zero-order valence-corrected chi connectivity index (χ0v) is 12.6. The van der Waals surface area contributed by atoms with Gasteiger partial charge in [0.25, 0.3) is 0 Å². The Kier molecular flexibility index (Phi) is 3.95. The highest BCUT2D eigenvalue weighted by atomic mass is 16.2. The van der Waals surface area contributed by atoms with Crippen molar-refractivity contribution >= 4 is 17.5 Å². The standard InChI is InChI=1S/C16H22N2O2/c1-11(2)17-10-12-6-5-7-13(8-12)18-14(19)9-16(3,4)15(18)20/h5-8,11,17H,9-10H2,1-4H3. The van der Waals surface area contributed by atoms with Crippen LogP contribution in [0.2, 0.25) is 0 Å². The monoisotopic (exact) mass is 274 g/mol. The molecule has 0 aromatic heterocycles. The molecule has 0 radical (unpaired) electrons. The molecule has 1 aliphatic heterocycles. The summed E-state index contributed by atoms with van der Waals surface area (Å²) in [6.45, 7) is 8.53. The predicted molar refractivity (Wildman–Crippen MR) is 79.3 cm³/mol. The van der Waals surface area contributed by atoms with Crippen LogP contribution in [0, 0.1) is 5.41 Å². The first-order valence-electron chi connectivity index (χ1n) is 7.01. The maximum atomic E-state index is 12.3. The molecular weight excluding hydrogens is 252 g/mol. The molecule has 4 nitrogen and oxygen atoms in total. The molecule has 1 aromatic carbocycles. The van der Waals surface area contributed by atoms with Gasteiger partial charge in [-0.1, -0.05) is 39.8 Å². The molecule has 108 valence electrons. The molecule has 0 saturated carbocycles. The van der Waals surface area contributed by atoms with Crippen molar-refractivity contribution in [3.05, 3.63) is 29.8 Å². The fraction of sp³-hybridized carbons (Fsp3) is 0.500. The number of hydrogen-bond acceptors (Lipinski definition) is 3. The van der Waals surface area contributed by atoms with E-state index in [-0.39, 0.29) is 18.2 Å². The number of carbonyl (C=O) groups is 2. The van der Waals surface area contributed by atoms with Crippen LogP contribution in [0.3, 0.4) is 0 Å². The summed E-state index contributed by atoms with van der Waals surface area (Å²) in [6.07, 6.45) is 0.278. The Balaban J connectivity index is 2.23. The van der Waals surface area contributed by atoms with Crippen LogP contribution in [-0.4, -0.2) is 17.9 Å². The molecule has 1 saturated heterocycles. The summed E-state index contributed by atoms with van der Waals surface area (Å²) in [5.41, 5.74) is 1.15. The van der Waals surface area contributed by atoms with Crippen LogP contribution in [0.4, 0.5) is 5.69 Å². The Morgan fingerprint density at radius 1 is 1.30 bits per heavy atom. The van der Waals surface area contributed by atoms with Gasteiger partial charge in [0.15, 0.2) is 0 Å². The number of carbonyl (C=O) groups excluding carboxylic acids is 2. The first-order valence-corrected chi connectivity index (χ1v) is 7.01. The van der Waals surface area contributed by atoms with Crippen molar-refractivity contribution in [1.82, 2.24) is 5.32 Å². The van der Waals surface area contributed by atoms with E-state index in [2.05, 4.69) is 19.2 Å². The number of nitrogens with zero attached hydrogens (tertiary/aromatic N) is 1. The lowest BCUT2D eigenvalue weighted by Crippen LogP contribution is -2.33. The molecule has 1 heterocycles. The van der Waals surface area contributed by atoms with Crippen molar-refractivity contribution in [3.8, 4) is 0 Å². The second kappa shape index (κ2) is 5.37. The van der Waals surface area contributed by atoms with Gasteiger partial charge >= 0.3 is 0 Å². The van der Waals surface area contributed by atoms with Crippen molar-refractivity contribution in [3.63, 3.8) is 0 Å². The topological polar surface area (TPSA) is 49.4 Å². The van der Waals surface area contributed by atoms with Crippen LogP contribution in [-0.2, 0) is 16.1 Å². The number of benzene rings is 1. The minimum atomic E-state index is -0.594. The van der Waals surface area contributed by atoms with Crippen molar-refractivity contribution in [2.45, 2.75) is 46.7 Å². The number of amides is 2. The van der Waals surface area contributed by atoms with Crippen LogP contribution in [0.15, 0.2) is 24.3 Å². The van der Waals surface area contributed by atoms with E-state index in [0.29, 0.717) is 11.7 Å². The quantitative estimate of drug-likeness (QED) is 0.858. The third-order valence-corrected chi connectivity index (χ3v) is 3.51. The van der Waals surface area contributed by atoms with Crippen LogP contribution in [0.1, 0.15) is 39.7 Å². The first kappa shape index (κ1) is 14.7. The van der Waals surface area contributed by atoms with Gasteiger partial charge in [-0.2, -0.15) is 0 Å². The molecule has 0 spiro atoms. The number of hydrogen-bond donors (Lipinski definition) is 1. The van der Waals surface area contributed by atoms with Gasteiger partial charge < -0.3 is 5.32 Å². The van der Waals surface area contributed by atoms with Crippen LogP contribution >= 0.6 is 0 Å². The normalized spacial score (nSPS) is 18.1. The van der Waals surface area contributed by atoms with Crippen LogP contribution in [0.5, 0.6) is 0 Å². The number of imide groups is 1. The zero-order chi connectivity index (χ0) is 14.9. The Bertz CT molecular complexity index is 535. The molecule has 2 rings (SSSR count). The van der Waals surface area contributed by atoms with Gasteiger partial charge in [0, 0.05) is 19.0 Å². The lowest BCUT2D eigenvalue weighted by atomic mass is 9.92. The maximum absolute atomic E-state index is 12.3. The van der Waals surface area contributed by atoms with Gasteiger partial charge in [0.05, 0.1) is 11.1 Å². The Hall–Kier alpha value is -1.68. The highest BCUT2D eigenvalue weighted by molar-refractivity contribution is 6.22. The smallest absolute Gasteiger partial charge is 0.239 e. The van der Waals surface area contributed by atoms with E-state index in [0.717, 1.165) is 12.1 Å². The van der Waals surface area contributed by atoms with Crippen LogP contribution < -0.4 is 10.2 Å². The van der Waals surface area contributed by atoms with Gasteiger partial charge in [0.2, 0.25) is 11.8 Å². The summed E-state index contributed by atoms with van der Waals surface area (Å²) in [5, 5.41) is 3.33. The van der Waals surface area contributed by atoms with E-state index >= 15 is 0 Å². The fourth-order valence-corrected chi connectivity index (χ4v) is 2.34. The SMILES string of the molecule is CC(C)NCc1cccc(N2C(=O)CC(C)(C)C2=O)c1. The van der Waals surface area contributed by atoms with Gasteiger partial charge in [-0.3, -0.25) is 14.5 Å². The number of rotatable bonds is 4. The molecule has 0 aliphatic carbocycles. The van der Waals surface area contributed by atoms with Gasteiger partial charge in [-0.25, -0.2) is 0 Å². The molecule has 1 aromatic rings. The largest absolute Gasteiger partial charge is 0.310 e. The summed E-state index contributed by atoms with van der Waals surface area (Å²) >= 11 is 0. The van der Waals surface area contributed by atoms with E-state index in [1.54, 1.807) is 0 Å². The highest BCUT2D eigenvalue weighted by Gasteiger charge is 2.45. The summed E-state index contributed by atoms with van der Waals surface area (Å²) < 4.78 is 0. The average molecular weight is 274 g/mol. The number of nitrogens with one attached hydrogen (secondary N) is 1. The summed E-state index contributed by atoms with van der Waals surface area (Å²) in [6, 6.07) is 8.00. The molecule has 0 atom stereocenters. The molecule has 0 bridgehead atoms. The molecule has 20 heavy (non-hydrogen) atoms. The minimum absolute atomic E-state index is 0.114. The fourth-order valence-electron chi connectivity index (χ4n) is 2.34. The lowest BCUT2D eigenvalue weighted by molar-refractivity contribution is -0.124. The zero-order valence-electron chi connectivity index (χ0n) is 12.6. The minimum Gasteiger partial charge on any atom is -0.310 e. The second-order valence-corrected chi connectivity index (χ2v) is 6.30.